The minimum Gasteiger partial charge on any atom is -0.292 e. The first kappa shape index (κ1) is 17.8. The Kier molecular flexibility index (Phi) is 5.43. The van der Waals surface area contributed by atoms with Gasteiger partial charge in [-0.1, -0.05) is 42.5 Å². The van der Waals surface area contributed by atoms with Gasteiger partial charge in [0.05, 0.1) is 5.56 Å². The number of benzene rings is 2. The number of aromatic nitrogens is 1. The van der Waals surface area contributed by atoms with Crippen LogP contribution in [0, 0.1) is 6.92 Å². The third kappa shape index (κ3) is 4.15. The number of carbonyl (C=O) groups is 2. The Balaban J connectivity index is 1.69. The minimum absolute atomic E-state index is 0.375. The molecule has 1 heterocycles. The summed E-state index contributed by atoms with van der Waals surface area (Å²) in [5.41, 5.74) is 3.20. The van der Waals surface area contributed by atoms with Crippen molar-refractivity contribution in [3.05, 3.63) is 82.5 Å². The van der Waals surface area contributed by atoms with E-state index in [4.69, 9.17) is 0 Å². The molecule has 6 heteroatoms. The molecule has 5 nitrogen and oxygen atoms in total. The molecule has 0 spiro atoms. The van der Waals surface area contributed by atoms with Gasteiger partial charge in [0.25, 0.3) is 5.91 Å². The van der Waals surface area contributed by atoms with E-state index in [1.165, 1.54) is 0 Å². The van der Waals surface area contributed by atoms with Crippen LogP contribution in [0.4, 0.5) is 10.6 Å². The molecule has 0 fully saturated rings. The van der Waals surface area contributed by atoms with Gasteiger partial charge in [0.15, 0.2) is 0 Å². The van der Waals surface area contributed by atoms with E-state index in [1.807, 2.05) is 43.3 Å². The predicted molar refractivity (Wildman–Crippen MR) is 105 cm³/mol. The first-order valence-corrected chi connectivity index (χ1v) is 8.74. The van der Waals surface area contributed by atoms with E-state index in [0.717, 1.165) is 16.8 Å². The lowest BCUT2D eigenvalue weighted by Gasteiger charge is -2.10. The highest BCUT2D eigenvalue weighted by Gasteiger charge is 2.13. The predicted octanol–water partition coefficient (Wildman–Crippen LogP) is 4.78. The van der Waals surface area contributed by atoms with Gasteiger partial charge in [-0.15, -0.1) is 0 Å². The van der Waals surface area contributed by atoms with Crippen molar-refractivity contribution in [1.82, 2.24) is 10.3 Å². The number of amides is 3. The summed E-state index contributed by atoms with van der Waals surface area (Å²) in [4.78, 5) is 28.6. The topological polar surface area (TPSA) is 71.1 Å². The number of aryl methyl sites for hydroxylation is 1. The SMILES string of the molecule is Cc1nc(NC(=O)NC(=O)c2ccccc2Br)ccc1-c1ccccc1. The van der Waals surface area contributed by atoms with Crippen LogP contribution in [-0.2, 0) is 0 Å². The van der Waals surface area contributed by atoms with Crippen molar-refractivity contribution in [2.24, 2.45) is 0 Å². The molecular weight excluding hydrogens is 394 g/mol. The van der Waals surface area contributed by atoms with Crippen LogP contribution in [-0.4, -0.2) is 16.9 Å². The lowest BCUT2D eigenvalue weighted by molar-refractivity contribution is 0.0966. The van der Waals surface area contributed by atoms with Crippen molar-refractivity contribution < 1.29 is 9.59 Å². The van der Waals surface area contributed by atoms with E-state index in [-0.39, 0.29) is 0 Å². The van der Waals surface area contributed by atoms with Crippen molar-refractivity contribution >= 4 is 33.7 Å². The molecule has 0 aliphatic heterocycles. The van der Waals surface area contributed by atoms with E-state index in [1.54, 1.807) is 30.3 Å². The highest BCUT2D eigenvalue weighted by atomic mass is 79.9. The standard InChI is InChI=1S/C20H16BrN3O2/c1-13-15(14-7-3-2-4-8-14)11-12-18(22-13)23-20(26)24-19(25)16-9-5-6-10-17(16)21/h2-12H,1H3,(H2,22,23,24,25,26). The maximum Gasteiger partial charge on any atom is 0.327 e. The monoisotopic (exact) mass is 409 g/mol. The number of anilines is 1. The summed E-state index contributed by atoms with van der Waals surface area (Å²) in [7, 11) is 0. The number of hydrogen-bond acceptors (Lipinski definition) is 3. The van der Waals surface area contributed by atoms with Gasteiger partial charge >= 0.3 is 6.03 Å². The third-order valence-corrected chi connectivity index (χ3v) is 4.45. The lowest BCUT2D eigenvalue weighted by atomic mass is 10.0. The van der Waals surface area contributed by atoms with Crippen molar-refractivity contribution in [3.63, 3.8) is 0 Å². The second kappa shape index (κ2) is 7.93. The van der Waals surface area contributed by atoms with Crippen molar-refractivity contribution in [2.75, 3.05) is 5.32 Å². The summed E-state index contributed by atoms with van der Waals surface area (Å²) < 4.78 is 0.617. The number of hydrogen-bond donors (Lipinski definition) is 2. The fourth-order valence-corrected chi connectivity index (χ4v) is 2.98. The second-order valence-electron chi connectivity index (χ2n) is 5.58. The van der Waals surface area contributed by atoms with Gasteiger partial charge in [-0.2, -0.15) is 0 Å². The van der Waals surface area contributed by atoms with Crippen LogP contribution < -0.4 is 10.6 Å². The summed E-state index contributed by atoms with van der Waals surface area (Å²) >= 11 is 3.29. The van der Waals surface area contributed by atoms with Crippen LogP contribution in [0.1, 0.15) is 16.1 Å². The molecule has 2 aromatic carbocycles. The summed E-state index contributed by atoms with van der Waals surface area (Å²) in [5, 5.41) is 4.88. The molecule has 2 N–H and O–H groups in total. The number of nitrogens with zero attached hydrogens (tertiary/aromatic N) is 1. The van der Waals surface area contributed by atoms with Gasteiger partial charge in [0, 0.05) is 15.7 Å². The number of halogens is 1. The molecule has 3 amide bonds. The molecule has 0 aliphatic carbocycles. The van der Waals surface area contributed by atoms with E-state index >= 15 is 0 Å². The fraction of sp³-hybridized carbons (Fsp3) is 0.0500. The van der Waals surface area contributed by atoms with Gasteiger partial charge in [0.2, 0.25) is 0 Å². The smallest absolute Gasteiger partial charge is 0.292 e. The third-order valence-electron chi connectivity index (χ3n) is 3.76. The Labute approximate surface area is 159 Å². The zero-order valence-corrected chi connectivity index (χ0v) is 15.6. The molecule has 0 aliphatic rings. The van der Waals surface area contributed by atoms with Gasteiger partial charge in [-0.3, -0.25) is 15.4 Å². The molecule has 0 bridgehead atoms. The minimum atomic E-state index is -0.634. The van der Waals surface area contributed by atoms with Crippen molar-refractivity contribution in [2.45, 2.75) is 6.92 Å². The number of pyridine rings is 1. The largest absolute Gasteiger partial charge is 0.327 e. The lowest BCUT2D eigenvalue weighted by Crippen LogP contribution is -2.34. The summed E-state index contributed by atoms with van der Waals surface area (Å²) in [6.45, 7) is 1.87. The molecule has 130 valence electrons. The summed E-state index contributed by atoms with van der Waals surface area (Å²) in [5.74, 6) is -0.118. The molecule has 0 radical (unpaired) electrons. The van der Waals surface area contributed by atoms with Crippen LogP contribution in [0.3, 0.4) is 0 Å². The summed E-state index contributed by atoms with van der Waals surface area (Å²) in [6.07, 6.45) is 0. The van der Waals surface area contributed by atoms with Crippen LogP contribution >= 0.6 is 15.9 Å². The van der Waals surface area contributed by atoms with E-state index in [0.29, 0.717) is 15.9 Å². The molecule has 3 rings (SSSR count). The molecule has 3 aromatic rings. The Bertz CT molecular complexity index is 958. The van der Waals surface area contributed by atoms with Gasteiger partial charge in [0.1, 0.15) is 5.82 Å². The van der Waals surface area contributed by atoms with Crippen molar-refractivity contribution in [3.8, 4) is 11.1 Å². The number of rotatable bonds is 3. The highest BCUT2D eigenvalue weighted by molar-refractivity contribution is 9.10. The number of nitrogens with one attached hydrogen (secondary N) is 2. The fourth-order valence-electron chi connectivity index (χ4n) is 2.52. The number of imide groups is 1. The Hall–Kier alpha value is -2.99. The molecule has 0 saturated heterocycles. The highest BCUT2D eigenvalue weighted by Crippen LogP contribution is 2.23. The van der Waals surface area contributed by atoms with E-state index < -0.39 is 11.9 Å². The molecular formula is C20H16BrN3O2. The Morgan fingerprint density at radius 1 is 0.923 bits per heavy atom. The molecule has 0 atom stereocenters. The van der Waals surface area contributed by atoms with Gasteiger partial charge < -0.3 is 0 Å². The molecule has 26 heavy (non-hydrogen) atoms. The van der Waals surface area contributed by atoms with Gasteiger partial charge in [-0.05, 0) is 52.7 Å². The van der Waals surface area contributed by atoms with E-state index in [2.05, 4.69) is 31.5 Å². The normalized spacial score (nSPS) is 10.2. The average molecular weight is 410 g/mol. The second-order valence-corrected chi connectivity index (χ2v) is 6.44. The average Bonchev–Trinajstić information content (AvgIpc) is 2.62. The Morgan fingerprint density at radius 3 is 2.31 bits per heavy atom. The van der Waals surface area contributed by atoms with E-state index in [9.17, 15) is 9.59 Å². The van der Waals surface area contributed by atoms with Gasteiger partial charge in [-0.25, -0.2) is 9.78 Å². The molecule has 0 unspecified atom stereocenters. The number of urea groups is 1. The zero-order chi connectivity index (χ0) is 18.5. The first-order valence-electron chi connectivity index (χ1n) is 7.94. The maximum atomic E-state index is 12.1. The summed E-state index contributed by atoms with van der Waals surface area (Å²) in [6, 6.07) is 19.7. The molecule has 0 saturated carbocycles. The first-order chi connectivity index (χ1) is 12.5. The molecule has 1 aromatic heterocycles. The Morgan fingerprint density at radius 2 is 1.62 bits per heavy atom. The van der Waals surface area contributed by atoms with Crippen LogP contribution in [0.5, 0.6) is 0 Å². The maximum absolute atomic E-state index is 12.1. The van der Waals surface area contributed by atoms with Crippen LogP contribution in [0.15, 0.2) is 71.2 Å². The number of carbonyl (C=O) groups excluding carboxylic acids is 2. The van der Waals surface area contributed by atoms with Crippen LogP contribution in [0.25, 0.3) is 11.1 Å². The van der Waals surface area contributed by atoms with Crippen molar-refractivity contribution in [1.29, 1.82) is 0 Å². The quantitative estimate of drug-likeness (QED) is 0.653. The van der Waals surface area contributed by atoms with Crippen LogP contribution in [0.2, 0.25) is 0 Å². The zero-order valence-electron chi connectivity index (χ0n) is 14.0.